The monoisotopic (exact) mass is 307 g/mol. The summed E-state index contributed by atoms with van der Waals surface area (Å²) in [6, 6.07) is 6.61. The summed E-state index contributed by atoms with van der Waals surface area (Å²) in [7, 11) is 1.73. The Kier molecular flexibility index (Phi) is 5.53. The predicted molar refractivity (Wildman–Crippen MR) is 90.6 cm³/mol. The fraction of sp³-hybridized carbons (Fsp3) is 0.562. The number of nitrogens with zero attached hydrogens (tertiary/aromatic N) is 1. The molecule has 5 heteroatoms. The molecule has 1 aliphatic rings. The van der Waals surface area contributed by atoms with Crippen molar-refractivity contribution in [3.8, 4) is 0 Å². The van der Waals surface area contributed by atoms with E-state index in [0.717, 1.165) is 28.6 Å². The van der Waals surface area contributed by atoms with Crippen LogP contribution >= 0.6 is 11.8 Å². The minimum atomic E-state index is 0.139. The topological polar surface area (TPSA) is 62.3 Å². The van der Waals surface area contributed by atoms with Gasteiger partial charge >= 0.3 is 0 Å². The van der Waals surface area contributed by atoms with E-state index in [1.807, 2.05) is 18.4 Å². The first-order valence-electron chi connectivity index (χ1n) is 7.37. The molecule has 0 spiro atoms. The summed E-state index contributed by atoms with van der Waals surface area (Å²) in [5, 5.41) is 7.96. The molecule has 0 aromatic heterocycles. The van der Waals surface area contributed by atoms with Crippen molar-refractivity contribution >= 4 is 23.3 Å². The van der Waals surface area contributed by atoms with Crippen LogP contribution in [0.2, 0.25) is 0 Å². The number of rotatable bonds is 8. The van der Waals surface area contributed by atoms with Crippen LogP contribution in [0.25, 0.3) is 0 Å². The first-order chi connectivity index (χ1) is 10.1. The summed E-state index contributed by atoms with van der Waals surface area (Å²) in [5.74, 6) is 0.889. The van der Waals surface area contributed by atoms with E-state index in [4.69, 9.17) is 15.9 Å². The molecule has 1 aromatic rings. The Morgan fingerprint density at radius 3 is 2.76 bits per heavy atom. The van der Waals surface area contributed by atoms with Gasteiger partial charge in [-0.25, -0.2) is 0 Å². The maximum atomic E-state index is 7.96. The molecule has 1 atom stereocenters. The van der Waals surface area contributed by atoms with Crippen LogP contribution in [-0.2, 0) is 4.74 Å². The first kappa shape index (κ1) is 16.2. The molecule has 1 unspecified atom stereocenters. The van der Waals surface area contributed by atoms with E-state index in [1.54, 1.807) is 18.9 Å². The number of nitrogens with two attached hydrogens (primary N) is 1. The minimum Gasteiger partial charge on any atom is -0.384 e. The maximum absolute atomic E-state index is 7.96. The number of thioether (sulfide) groups is 1. The van der Waals surface area contributed by atoms with Crippen LogP contribution in [0.15, 0.2) is 23.1 Å². The molecule has 21 heavy (non-hydrogen) atoms. The van der Waals surface area contributed by atoms with Crippen molar-refractivity contribution in [1.29, 1.82) is 5.41 Å². The SMILES string of the molecule is COCCN(c1cccc(SC)c1C(=N)N)C(C)C1CC1. The quantitative estimate of drug-likeness (QED) is 0.440. The van der Waals surface area contributed by atoms with Gasteiger partial charge in [-0.15, -0.1) is 11.8 Å². The van der Waals surface area contributed by atoms with Crippen LogP contribution in [0.4, 0.5) is 5.69 Å². The molecule has 2 rings (SSSR count). The predicted octanol–water partition coefficient (Wildman–Crippen LogP) is 2.94. The van der Waals surface area contributed by atoms with E-state index in [9.17, 15) is 0 Å². The summed E-state index contributed by atoms with van der Waals surface area (Å²) in [5.41, 5.74) is 7.78. The number of ether oxygens (including phenoxy) is 1. The Labute approximate surface area is 131 Å². The van der Waals surface area contributed by atoms with Gasteiger partial charge in [0.1, 0.15) is 5.84 Å². The molecule has 1 saturated carbocycles. The maximum Gasteiger partial charge on any atom is 0.126 e. The summed E-state index contributed by atoms with van der Waals surface area (Å²) in [4.78, 5) is 3.42. The number of anilines is 1. The van der Waals surface area contributed by atoms with Crippen molar-refractivity contribution in [2.45, 2.75) is 30.7 Å². The third-order valence-corrected chi connectivity index (χ3v) is 4.92. The van der Waals surface area contributed by atoms with Gasteiger partial charge in [0.25, 0.3) is 0 Å². The Hall–Kier alpha value is -1.20. The van der Waals surface area contributed by atoms with E-state index in [2.05, 4.69) is 17.9 Å². The summed E-state index contributed by atoms with van der Waals surface area (Å²) in [6.45, 7) is 3.77. The normalized spacial score (nSPS) is 15.8. The zero-order valence-electron chi connectivity index (χ0n) is 13.1. The van der Waals surface area contributed by atoms with Gasteiger partial charge in [0, 0.05) is 30.3 Å². The fourth-order valence-electron chi connectivity index (χ4n) is 2.77. The Morgan fingerprint density at radius 1 is 1.52 bits per heavy atom. The van der Waals surface area contributed by atoms with Crippen molar-refractivity contribution in [1.82, 2.24) is 0 Å². The van der Waals surface area contributed by atoms with E-state index in [0.29, 0.717) is 12.6 Å². The van der Waals surface area contributed by atoms with Crippen molar-refractivity contribution in [3.63, 3.8) is 0 Å². The van der Waals surface area contributed by atoms with E-state index < -0.39 is 0 Å². The summed E-state index contributed by atoms with van der Waals surface area (Å²) < 4.78 is 5.27. The van der Waals surface area contributed by atoms with Gasteiger partial charge in [0.15, 0.2) is 0 Å². The largest absolute Gasteiger partial charge is 0.384 e. The van der Waals surface area contributed by atoms with Crippen LogP contribution in [0.1, 0.15) is 25.3 Å². The molecule has 0 bridgehead atoms. The highest BCUT2D eigenvalue weighted by atomic mass is 32.2. The minimum absolute atomic E-state index is 0.139. The molecule has 1 aromatic carbocycles. The molecule has 0 heterocycles. The number of benzene rings is 1. The Morgan fingerprint density at radius 2 is 2.24 bits per heavy atom. The second-order valence-corrected chi connectivity index (χ2v) is 6.38. The molecule has 1 aliphatic carbocycles. The van der Waals surface area contributed by atoms with Gasteiger partial charge in [-0.1, -0.05) is 6.07 Å². The first-order valence-corrected chi connectivity index (χ1v) is 8.59. The number of nitrogen functional groups attached to an aromatic ring is 1. The fourth-order valence-corrected chi connectivity index (χ4v) is 3.40. The van der Waals surface area contributed by atoms with Crippen molar-refractivity contribution < 1.29 is 4.74 Å². The van der Waals surface area contributed by atoms with Crippen molar-refractivity contribution in [2.24, 2.45) is 11.7 Å². The van der Waals surface area contributed by atoms with Gasteiger partial charge in [-0.3, -0.25) is 5.41 Å². The molecule has 4 nitrogen and oxygen atoms in total. The zero-order chi connectivity index (χ0) is 15.4. The molecule has 116 valence electrons. The summed E-state index contributed by atoms with van der Waals surface area (Å²) >= 11 is 1.64. The Balaban J connectivity index is 2.40. The second-order valence-electron chi connectivity index (χ2n) is 5.53. The highest BCUT2D eigenvalue weighted by molar-refractivity contribution is 7.98. The molecular weight excluding hydrogens is 282 g/mol. The molecule has 3 N–H and O–H groups in total. The lowest BCUT2D eigenvalue weighted by molar-refractivity contribution is 0.202. The number of methoxy groups -OCH3 is 1. The number of amidine groups is 1. The standard InChI is InChI=1S/C16H25N3OS/c1-11(12-7-8-12)19(9-10-20-2)13-5-4-6-14(21-3)15(13)16(17)18/h4-6,11-12H,7-10H2,1-3H3,(H3,17,18). The smallest absolute Gasteiger partial charge is 0.126 e. The molecular formula is C16H25N3OS. The molecule has 0 saturated heterocycles. The van der Waals surface area contributed by atoms with Crippen LogP contribution < -0.4 is 10.6 Å². The second kappa shape index (κ2) is 7.18. The van der Waals surface area contributed by atoms with E-state index in [-0.39, 0.29) is 5.84 Å². The van der Waals surface area contributed by atoms with Gasteiger partial charge < -0.3 is 15.4 Å². The van der Waals surface area contributed by atoms with E-state index in [1.165, 1.54) is 12.8 Å². The highest BCUT2D eigenvalue weighted by Gasteiger charge is 2.33. The van der Waals surface area contributed by atoms with Crippen molar-refractivity contribution in [3.05, 3.63) is 23.8 Å². The van der Waals surface area contributed by atoms with Gasteiger partial charge in [0.2, 0.25) is 0 Å². The number of hydrogen-bond acceptors (Lipinski definition) is 4. The van der Waals surface area contributed by atoms with Gasteiger partial charge in [-0.05, 0) is 44.1 Å². The molecule has 0 aliphatic heterocycles. The van der Waals surface area contributed by atoms with Crippen LogP contribution in [0.3, 0.4) is 0 Å². The zero-order valence-corrected chi connectivity index (χ0v) is 13.9. The van der Waals surface area contributed by atoms with Crippen LogP contribution in [-0.4, -0.2) is 38.4 Å². The third-order valence-electron chi connectivity index (χ3n) is 4.14. The lowest BCUT2D eigenvalue weighted by Gasteiger charge is -2.33. The van der Waals surface area contributed by atoms with Gasteiger partial charge in [0.05, 0.1) is 12.2 Å². The van der Waals surface area contributed by atoms with Crippen LogP contribution in [0.5, 0.6) is 0 Å². The number of nitrogens with one attached hydrogen (secondary N) is 1. The lowest BCUT2D eigenvalue weighted by atomic mass is 10.1. The lowest BCUT2D eigenvalue weighted by Crippen LogP contribution is -2.38. The highest BCUT2D eigenvalue weighted by Crippen LogP contribution is 2.39. The average molecular weight is 307 g/mol. The molecule has 0 amide bonds. The molecule has 0 radical (unpaired) electrons. The average Bonchev–Trinajstić information content (AvgIpc) is 3.31. The van der Waals surface area contributed by atoms with E-state index >= 15 is 0 Å². The van der Waals surface area contributed by atoms with Crippen LogP contribution in [0, 0.1) is 11.3 Å². The summed E-state index contributed by atoms with van der Waals surface area (Å²) in [6.07, 6.45) is 4.61. The number of hydrogen-bond donors (Lipinski definition) is 2. The third kappa shape index (κ3) is 3.71. The van der Waals surface area contributed by atoms with Gasteiger partial charge in [-0.2, -0.15) is 0 Å². The Bertz CT molecular complexity index is 502. The molecule has 1 fully saturated rings. The van der Waals surface area contributed by atoms with Crippen molar-refractivity contribution in [2.75, 3.05) is 31.4 Å².